The van der Waals surface area contributed by atoms with E-state index < -0.39 is 71.2 Å². The largest absolute Gasteiger partial charge is 0.462 e. The van der Waals surface area contributed by atoms with Crippen molar-refractivity contribution in [1.82, 2.24) is 0 Å². The third-order valence-electron chi connectivity index (χ3n) is 11.0. The van der Waals surface area contributed by atoms with Gasteiger partial charge in [0.15, 0.2) is 12.4 Å². The van der Waals surface area contributed by atoms with Gasteiger partial charge in [-0.3, -0.25) is 14.1 Å². The van der Waals surface area contributed by atoms with E-state index in [1.165, 1.54) is 109 Å². The van der Waals surface area contributed by atoms with Crippen LogP contribution in [0.2, 0.25) is 0 Å². The summed E-state index contributed by atoms with van der Waals surface area (Å²) >= 11 is 0. The first-order valence-corrected chi connectivity index (χ1v) is 25.5. The highest BCUT2D eigenvalue weighted by atomic mass is 32.2. The second-order valence-electron chi connectivity index (χ2n) is 16.8. The number of allylic oxidation sites excluding steroid dienone is 4. The molecule has 0 spiro atoms. The normalized spacial score (nSPS) is 20.3. The predicted octanol–water partition coefficient (Wildman–Crippen LogP) is 10.0. The Morgan fingerprint density at radius 3 is 1.48 bits per heavy atom. The van der Waals surface area contributed by atoms with Gasteiger partial charge in [0.1, 0.15) is 36.8 Å². The molecule has 352 valence electrons. The average molecular weight is 875 g/mol. The molecule has 0 aromatic rings. The van der Waals surface area contributed by atoms with E-state index in [1.807, 2.05) is 0 Å². The molecule has 0 aromatic heterocycles. The number of rotatable bonds is 40. The monoisotopic (exact) mass is 875 g/mol. The number of hydrogen-bond donors (Lipinski definition) is 4. The fourth-order valence-corrected chi connectivity index (χ4v) is 7.99. The topological polar surface area (TPSA) is 186 Å². The summed E-state index contributed by atoms with van der Waals surface area (Å²) in [6.07, 6.45) is 32.1. The van der Waals surface area contributed by atoms with Crippen LogP contribution < -0.4 is 0 Å². The lowest BCUT2D eigenvalue weighted by Crippen LogP contribution is -2.60. The van der Waals surface area contributed by atoms with Gasteiger partial charge >= 0.3 is 11.9 Å². The predicted molar refractivity (Wildman–Crippen MR) is 238 cm³/mol. The molecule has 6 atom stereocenters. The van der Waals surface area contributed by atoms with E-state index in [-0.39, 0.29) is 19.4 Å². The summed E-state index contributed by atoms with van der Waals surface area (Å²) in [7, 11) is -4.60. The molecular weight excluding hydrogens is 789 g/mol. The summed E-state index contributed by atoms with van der Waals surface area (Å²) in [5.41, 5.74) is 0. The fourth-order valence-electron chi connectivity index (χ4n) is 7.30. The van der Waals surface area contributed by atoms with Gasteiger partial charge in [-0.05, 0) is 44.9 Å². The maximum absolute atomic E-state index is 12.8. The lowest BCUT2D eigenvalue weighted by Gasteiger charge is -2.40. The highest BCUT2D eigenvalue weighted by molar-refractivity contribution is 7.85. The number of hydrogen-bond acceptors (Lipinski definition) is 11. The Bertz CT molecular complexity index is 1210. The van der Waals surface area contributed by atoms with Gasteiger partial charge in [0.2, 0.25) is 0 Å². The van der Waals surface area contributed by atoms with Crippen LogP contribution in [0.5, 0.6) is 0 Å². The summed E-state index contributed by atoms with van der Waals surface area (Å²) in [4.78, 5) is 25.4. The van der Waals surface area contributed by atoms with Crippen LogP contribution in [-0.4, -0.2) is 96.0 Å². The van der Waals surface area contributed by atoms with Gasteiger partial charge in [-0.15, -0.1) is 0 Å². The Kier molecular flexibility index (Phi) is 35.2. The Labute approximate surface area is 364 Å². The Morgan fingerprint density at radius 2 is 1.00 bits per heavy atom. The van der Waals surface area contributed by atoms with Gasteiger partial charge in [-0.25, -0.2) is 0 Å². The summed E-state index contributed by atoms with van der Waals surface area (Å²) in [6.45, 7) is 3.75. The first-order valence-electron chi connectivity index (χ1n) is 23.9. The van der Waals surface area contributed by atoms with Crippen LogP contribution in [0.1, 0.15) is 206 Å². The quantitative estimate of drug-likeness (QED) is 0.0198. The van der Waals surface area contributed by atoms with E-state index in [0.717, 1.165) is 57.8 Å². The Hall–Kier alpha value is -1.87. The molecule has 1 aliphatic rings. The van der Waals surface area contributed by atoms with Gasteiger partial charge in [0, 0.05) is 12.8 Å². The molecular formula is C47H86O12S. The van der Waals surface area contributed by atoms with Crippen LogP contribution in [0.15, 0.2) is 24.3 Å². The number of ether oxygens (including phenoxy) is 4. The zero-order valence-electron chi connectivity index (χ0n) is 37.6. The maximum atomic E-state index is 12.8. The Morgan fingerprint density at radius 1 is 0.567 bits per heavy atom. The van der Waals surface area contributed by atoms with E-state index >= 15 is 0 Å². The lowest BCUT2D eigenvalue weighted by atomic mass is 10.00. The van der Waals surface area contributed by atoms with Gasteiger partial charge in [0.05, 0.1) is 6.61 Å². The molecule has 1 fully saturated rings. The van der Waals surface area contributed by atoms with Crippen LogP contribution in [0.25, 0.3) is 0 Å². The summed E-state index contributed by atoms with van der Waals surface area (Å²) in [5.74, 6) is -1.98. The van der Waals surface area contributed by atoms with E-state index in [4.69, 9.17) is 18.9 Å². The zero-order chi connectivity index (χ0) is 44.1. The number of unbranched alkanes of at least 4 members (excludes halogenated alkanes) is 24. The molecule has 1 heterocycles. The van der Waals surface area contributed by atoms with Gasteiger partial charge in [-0.1, -0.05) is 173 Å². The number of carbonyl (C=O) groups excluding carboxylic acids is 2. The standard InChI is InChI=1S/C47H86O12S/c1-3-5-7-9-11-13-15-17-19-20-21-22-24-26-28-30-32-34-36-43(49)58-40(38-57-47-46(52)45(51)44(50)41(59-47)39-60(53,54)55)37-56-42(48)35-33-31-29-27-25-23-18-16-14-12-10-8-6-4-2/h13,15,19-20,40-41,44-47,50-52H,3-12,14,16-18,21-39H2,1-2H3,(H,53,54,55)/b15-13-,20-19-. The minimum Gasteiger partial charge on any atom is -0.462 e. The number of esters is 2. The highest BCUT2D eigenvalue weighted by Crippen LogP contribution is 2.24. The second-order valence-corrected chi connectivity index (χ2v) is 18.3. The molecule has 1 rings (SSSR count). The molecule has 1 aliphatic heterocycles. The van der Waals surface area contributed by atoms with Crippen molar-refractivity contribution in [1.29, 1.82) is 0 Å². The fraction of sp³-hybridized carbons (Fsp3) is 0.872. The van der Waals surface area contributed by atoms with Crippen molar-refractivity contribution >= 4 is 22.1 Å². The number of aliphatic hydroxyl groups excluding tert-OH is 3. The molecule has 0 aromatic carbocycles. The van der Waals surface area contributed by atoms with Gasteiger partial charge < -0.3 is 34.3 Å². The second kappa shape index (κ2) is 37.7. The first-order chi connectivity index (χ1) is 29.0. The molecule has 0 radical (unpaired) electrons. The van der Waals surface area contributed by atoms with Crippen molar-refractivity contribution in [3.63, 3.8) is 0 Å². The zero-order valence-corrected chi connectivity index (χ0v) is 38.4. The molecule has 1 saturated heterocycles. The third kappa shape index (κ3) is 31.9. The highest BCUT2D eigenvalue weighted by Gasteiger charge is 2.46. The van der Waals surface area contributed by atoms with Crippen LogP contribution in [-0.2, 0) is 38.7 Å². The van der Waals surface area contributed by atoms with Crippen LogP contribution in [0.3, 0.4) is 0 Å². The molecule has 13 heteroatoms. The minimum atomic E-state index is -4.60. The number of carbonyl (C=O) groups is 2. The SMILES string of the molecule is CCCCCC/C=C\C/C=C\CCCCCCCCCC(=O)OC(COC(=O)CCCCCCCCCCCCCCCC)COC1OC(CS(=O)(=O)O)C(O)C(O)C1O. The summed E-state index contributed by atoms with van der Waals surface area (Å²) < 4.78 is 54.1. The van der Waals surface area contributed by atoms with Crippen molar-refractivity contribution in [2.24, 2.45) is 0 Å². The van der Waals surface area contributed by atoms with E-state index in [2.05, 4.69) is 38.2 Å². The molecule has 60 heavy (non-hydrogen) atoms. The molecule has 6 unspecified atom stereocenters. The molecule has 12 nitrogen and oxygen atoms in total. The molecule has 0 bridgehead atoms. The van der Waals surface area contributed by atoms with Crippen molar-refractivity contribution in [3.8, 4) is 0 Å². The van der Waals surface area contributed by atoms with E-state index in [1.54, 1.807) is 0 Å². The smallest absolute Gasteiger partial charge is 0.306 e. The summed E-state index contributed by atoms with van der Waals surface area (Å²) in [6, 6.07) is 0. The first kappa shape index (κ1) is 56.1. The average Bonchev–Trinajstić information content (AvgIpc) is 3.21. The Balaban J connectivity index is 2.42. The van der Waals surface area contributed by atoms with Crippen molar-refractivity contribution in [3.05, 3.63) is 24.3 Å². The van der Waals surface area contributed by atoms with Crippen molar-refractivity contribution < 1.29 is 56.8 Å². The molecule has 0 aliphatic carbocycles. The van der Waals surface area contributed by atoms with Crippen LogP contribution >= 0.6 is 0 Å². The summed E-state index contributed by atoms with van der Waals surface area (Å²) in [5, 5.41) is 30.9. The lowest BCUT2D eigenvalue weighted by molar-refractivity contribution is -0.297. The number of aliphatic hydroxyl groups is 3. The van der Waals surface area contributed by atoms with Gasteiger partial charge in [0.25, 0.3) is 10.1 Å². The molecule has 0 amide bonds. The maximum Gasteiger partial charge on any atom is 0.306 e. The van der Waals surface area contributed by atoms with Crippen molar-refractivity contribution in [2.45, 2.75) is 243 Å². The van der Waals surface area contributed by atoms with Crippen LogP contribution in [0, 0.1) is 0 Å². The molecule has 0 saturated carbocycles. The van der Waals surface area contributed by atoms with Crippen LogP contribution in [0.4, 0.5) is 0 Å². The third-order valence-corrected chi connectivity index (χ3v) is 11.8. The van der Waals surface area contributed by atoms with Gasteiger partial charge in [-0.2, -0.15) is 8.42 Å². The van der Waals surface area contributed by atoms with Crippen molar-refractivity contribution in [2.75, 3.05) is 19.0 Å². The molecule has 4 N–H and O–H groups in total. The van der Waals surface area contributed by atoms with E-state index in [0.29, 0.717) is 12.8 Å². The van der Waals surface area contributed by atoms with E-state index in [9.17, 15) is 37.9 Å². The minimum absolute atomic E-state index is 0.158.